The van der Waals surface area contributed by atoms with Crippen molar-refractivity contribution in [3.63, 3.8) is 0 Å². The van der Waals surface area contributed by atoms with Crippen LogP contribution in [0.15, 0.2) is 24.3 Å². The van der Waals surface area contributed by atoms with Gasteiger partial charge in [0.15, 0.2) is 0 Å². The molecule has 0 saturated heterocycles. The molecule has 4 nitrogen and oxygen atoms in total. The van der Waals surface area contributed by atoms with E-state index in [1.54, 1.807) is 25.1 Å². The minimum absolute atomic E-state index is 0.201. The molecule has 0 saturated carbocycles. The monoisotopic (exact) mass is 264 g/mol. The SMILES string of the molecule is CCCCC(OC(=O)CC)c1ccccc1C(=O)O. The van der Waals surface area contributed by atoms with Gasteiger partial charge in [-0.3, -0.25) is 4.79 Å². The van der Waals surface area contributed by atoms with Crippen LogP contribution >= 0.6 is 0 Å². The summed E-state index contributed by atoms with van der Waals surface area (Å²) in [6, 6.07) is 6.69. The standard InChI is InChI=1S/C15H20O4/c1-3-5-10-13(19-14(16)4-2)11-8-6-7-9-12(11)15(17)18/h6-9,13H,3-5,10H2,1-2H3,(H,17,18). The first kappa shape index (κ1) is 15.2. The summed E-state index contributed by atoms with van der Waals surface area (Å²) in [4.78, 5) is 22.7. The van der Waals surface area contributed by atoms with E-state index in [0.29, 0.717) is 12.0 Å². The van der Waals surface area contributed by atoms with Gasteiger partial charge >= 0.3 is 11.9 Å². The quantitative estimate of drug-likeness (QED) is 0.765. The van der Waals surface area contributed by atoms with Crippen molar-refractivity contribution in [1.29, 1.82) is 0 Å². The molecule has 0 spiro atoms. The maximum absolute atomic E-state index is 11.5. The Morgan fingerprint density at radius 3 is 2.53 bits per heavy atom. The number of hydrogen-bond donors (Lipinski definition) is 1. The second kappa shape index (κ2) is 7.56. The molecule has 19 heavy (non-hydrogen) atoms. The van der Waals surface area contributed by atoms with Crippen LogP contribution in [0.3, 0.4) is 0 Å². The van der Waals surface area contributed by atoms with Crippen LogP contribution in [0.2, 0.25) is 0 Å². The summed E-state index contributed by atoms with van der Waals surface area (Å²) in [6.45, 7) is 3.77. The molecule has 104 valence electrons. The number of benzene rings is 1. The summed E-state index contributed by atoms with van der Waals surface area (Å²) in [5, 5.41) is 9.19. The first-order valence-electron chi connectivity index (χ1n) is 6.61. The normalized spacial score (nSPS) is 11.9. The number of hydrogen-bond acceptors (Lipinski definition) is 3. The summed E-state index contributed by atoms with van der Waals surface area (Å²) in [6.07, 6.45) is 2.31. The maximum Gasteiger partial charge on any atom is 0.336 e. The number of carbonyl (C=O) groups excluding carboxylic acids is 1. The van der Waals surface area contributed by atoms with E-state index < -0.39 is 12.1 Å². The van der Waals surface area contributed by atoms with Gasteiger partial charge in [0, 0.05) is 12.0 Å². The molecule has 1 unspecified atom stereocenters. The van der Waals surface area contributed by atoms with Crippen molar-refractivity contribution >= 4 is 11.9 Å². The lowest BCUT2D eigenvalue weighted by molar-refractivity contribution is -0.149. The Kier molecular flexibility index (Phi) is 6.06. The van der Waals surface area contributed by atoms with Crippen LogP contribution in [0.1, 0.15) is 61.6 Å². The Balaban J connectivity index is 3.02. The number of carboxylic acids is 1. The predicted octanol–water partition coefficient (Wildman–Crippen LogP) is 3.57. The fraction of sp³-hybridized carbons (Fsp3) is 0.467. The van der Waals surface area contributed by atoms with Crippen LogP contribution in [0, 0.1) is 0 Å². The van der Waals surface area contributed by atoms with Crippen LogP contribution < -0.4 is 0 Å². The van der Waals surface area contributed by atoms with Crippen LogP contribution in [0.25, 0.3) is 0 Å². The third-order valence-corrected chi connectivity index (χ3v) is 2.92. The molecular formula is C15H20O4. The van der Waals surface area contributed by atoms with Gasteiger partial charge in [0.05, 0.1) is 5.56 Å². The number of aromatic carboxylic acids is 1. The number of carbonyl (C=O) groups is 2. The zero-order valence-corrected chi connectivity index (χ0v) is 11.4. The van der Waals surface area contributed by atoms with Gasteiger partial charge in [-0.2, -0.15) is 0 Å². The lowest BCUT2D eigenvalue weighted by atomic mass is 9.98. The summed E-state index contributed by atoms with van der Waals surface area (Å²) >= 11 is 0. The van der Waals surface area contributed by atoms with Gasteiger partial charge in [-0.1, -0.05) is 38.5 Å². The largest absolute Gasteiger partial charge is 0.478 e. The highest BCUT2D eigenvalue weighted by molar-refractivity contribution is 5.89. The Labute approximate surface area is 113 Å². The average molecular weight is 264 g/mol. The smallest absolute Gasteiger partial charge is 0.336 e. The van der Waals surface area contributed by atoms with E-state index >= 15 is 0 Å². The first-order valence-corrected chi connectivity index (χ1v) is 6.61. The van der Waals surface area contributed by atoms with Crippen molar-refractivity contribution in [2.24, 2.45) is 0 Å². The van der Waals surface area contributed by atoms with Gasteiger partial charge in [-0.05, 0) is 18.9 Å². The van der Waals surface area contributed by atoms with E-state index in [2.05, 4.69) is 0 Å². The molecule has 0 radical (unpaired) electrons. The second-order valence-electron chi connectivity index (χ2n) is 4.37. The van der Waals surface area contributed by atoms with Gasteiger partial charge in [-0.25, -0.2) is 4.79 Å². The van der Waals surface area contributed by atoms with Crippen LogP contribution in [-0.4, -0.2) is 17.0 Å². The van der Waals surface area contributed by atoms with Gasteiger partial charge in [-0.15, -0.1) is 0 Å². The van der Waals surface area contributed by atoms with Crippen LogP contribution in [-0.2, 0) is 9.53 Å². The van der Waals surface area contributed by atoms with E-state index in [-0.39, 0.29) is 18.0 Å². The lowest BCUT2D eigenvalue weighted by Crippen LogP contribution is -2.14. The highest BCUT2D eigenvalue weighted by atomic mass is 16.5. The van der Waals surface area contributed by atoms with E-state index in [0.717, 1.165) is 12.8 Å². The number of carboxylic acid groups (broad SMARTS) is 1. The fourth-order valence-corrected chi connectivity index (χ4v) is 1.88. The zero-order valence-electron chi connectivity index (χ0n) is 11.4. The third kappa shape index (κ3) is 4.39. The Morgan fingerprint density at radius 2 is 1.95 bits per heavy atom. The van der Waals surface area contributed by atoms with Gasteiger partial charge in [0.1, 0.15) is 6.10 Å². The molecule has 0 aliphatic rings. The third-order valence-electron chi connectivity index (χ3n) is 2.92. The Bertz CT molecular complexity index is 440. The zero-order chi connectivity index (χ0) is 14.3. The molecular weight excluding hydrogens is 244 g/mol. The highest BCUT2D eigenvalue weighted by Gasteiger charge is 2.21. The van der Waals surface area contributed by atoms with Gasteiger partial charge < -0.3 is 9.84 Å². The molecule has 0 amide bonds. The number of rotatable bonds is 7. The first-order chi connectivity index (χ1) is 9.10. The molecule has 1 N–H and O–H groups in total. The molecule has 0 heterocycles. The van der Waals surface area contributed by atoms with Crippen LogP contribution in [0.4, 0.5) is 0 Å². The summed E-state index contributed by atoms with van der Waals surface area (Å²) in [5.74, 6) is -1.30. The maximum atomic E-state index is 11.5. The molecule has 1 aromatic rings. The van der Waals surface area contributed by atoms with Gasteiger partial charge in [0.25, 0.3) is 0 Å². The molecule has 4 heteroatoms. The molecule has 0 aromatic heterocycles. The predicted molar refractivity (Wildman–Crippen MR) is 72.1 cm³/mol. The van der Waals surface area contributed by atoms with E-state index in [9.17, 15) is 14.7 Å². The van der Waals surface area contributed by atoms with E-state index in [1.165, 1.54) is 6.07 Å². The Morgan fingerprint density at radius 1 is 1.26 bits per heavy atom. The molecule has 0 fully saturated rings. The van der Waals surface area contributed by atoms with Crippen molar-refractivity contribution in [2.75, 3.05) is 0 Å². The number of esters is 1. The molecule has 1 rings (SSSR count). The van der Waals surface area contributed by atoms with E-state index in [1.807, 2.05) is 6.92 Å². The van der Waals surface area contributed by atoms with Gasteiger partial charge in [0.2, 0.25) is 0 Å². The number of unbranched alkanes of at least 4 members (excludes halogenated alkanes) is 1. The average Bonchev–Trinajstić information content (AvgIpc) is 2.43. The Hall–Kier alpha value is -1.84. The number of ether oxygens (including phenoxy) is 1. The van der Waals surface area contributed by atoms with Crippen LogP contribution in [0.5, 0.6) is 0 Å². The molecule has 1 atom stereocenters. The van der Waals surface area contributed by atoms with Crippen molar-refractivity contribution in [1.82, 2.24) is 0 Å². The summed E-state index contributed by atoms with van der Waals surface area (Å²) in [7, 11) is 0. The topological polar surface area (TPSA) is 63.6 Å². The van der Waals surface area contributed by atoms with Crippen molar-refractivity contribution in [2.45, 2.75) is 45.6 Å². The summed E-state index contributed by atoms with van der Waals surface area (Å²) < 4.78 is 5.38. The van der Waals surface area contributed by atoms with Crippen molar-refractivity contribution in [3.05, 3.63) is 35.4 Å². The van der Waals surface area contributed by atoms with E-state index in [4.69, 9.17) is 4.74 Å². The molecule has 0 bridgehead atoms. The van der Waals surface area contributed by atoms with Crippen molar-refractivity contribution in [3.8, 4) is 0 Å². The van der Waals surface area contributed by atoms with Crippen molar-refractivity contribution < 1.29 is 19.4 Å². The lowest BCUT2D eigenvalue weighted by Gasteiger charge is -2.19. The molecule has 0 aliphatic carbocycles. The highest BCUT2D eigenvalue weighted by Crippen LogP contribution is 2.27. The minimum atomic E-state index is -0.996. The molecule has 0 aliphatic heterocycles. The minimum Gasteiger partial charge on any atom is -0.478 e. The fourth-order valence-electron chi connectivity index (χ4n) is 1.88. The summed E-state index contributed by atoms with van der Waals surface area (Å²) in [5.41, 5.74) is 0.776. The molecule has 1 aromatic carbocycles. The second-order valence-corrected chi connectivity index (χ2v) is 4.37.